The third kappa shape index (κ3) is 11.8. The minimum atomic E-state index is -4.90. The Morgan fingerprint density at radius 2 is 1.51 bits per heavy atom. The van der Waals surface area contributed by atoms with Gasteiger partial charge < -0.3 is 19.9 Å². The van der Waals surface area contributed by atoms with Crippen LogP contribution in [0.3, 0.4) is 0 Å². The van der Waals surface area contributed by atoms with Gasteiger partial charge in [-0.05, 0) is 85.8 Å². The second-order valence-electron chi connectivity index (χ2n) is 13.4. The van der Waals surface area contributed by atoms with Crippen LogP contribution in [0.5, 0.6) is 5.75 Å². The zero-order chi connectivity index (χ0) is 43.8. The Balaban J connectivity index is 1.07. The van der Waals surface area contributed by atoms with Gasteiger partial charge >= 0.3 is 12.4 Å². The summed E-state index contributed by atoms with van der Waals surface area (Å²) in [5.41, 5.74) is -1.82. The number of rotatable bonds is 12. The highest BCUT2D eigenvalue weighted by atomic mass is 32.2. The molecule has 1 fully saturated rings. The van der Waals surface area contributed by atoms with Gasteiger partial charge in [0.2, 0.25) is 0 Å². The number of anilines is 2. The highest BCUT2D eigenvalue weighted by Crippen LogP contribution is 2.37. The first-order valence-corrected chi connectivity index (χ1v) is 21.1. The topological polar surface area (TPSA) is 121 Å². The van der Waals surface area contributed by atoms with Gasteiger partial charge in [0, 0.05) is 83.2 Å². The summed E-state index contributed by atoms with van der Waals surface area (Å²) in [5, 5.41) is 2.71. The summed E-state index contributed by atoms with van der Waals surface area (Å²) >= 11 is 1.44. The summed E-state index contributed by atoms with van der Waals surface area (Å²) in [6.45, 7) is 3.19. The van der Waals surface area contributed by atoms with Gasteiger partial charge in [-0.2, -0.15) is 26.3 Å². The molecule has 1 aliphatic heterocycles. The first-order chi connectivity index (χ1) is 29.0. The average molecular weight is 882 g/mol. The van der Waals surface area contributed by atoms with Gasteiger partial charge in [-0.25, -0.2) is 13.1 Å². The summed E-state index contributed by atoms with van der Waals surface area (Å²) in [6.07, 6.45) is -6.71. The number of benzene rings is 4. The number of halogens is 6. The molecule has 1 aromatic heterocycles. The molecule has 4 aromatic carbocycles. The maximum atomic E-state index is 14.0. The molecule has 1 aliphatic rings. The van der Waals surface area contributed by atoms with E-state index in [4.69, 9.17) is 4.74 Å². The van der Waals surface area contributed by atoms with Crippen molar-refractivity contribution in [2.24, 2.45) is 0 Å². The SMILES string of the molecule is CCOc1cncc(C#Cc2cc(C(=O)N3CCN(c4ccc(C(=O)NS(=O)(=O)c5ccc(NCCSc6ccccc6)c(C(F)(F)F)c5)cc4)CC3)cc(C(F)(F)F)c2)c1. The standard InChI is InChI=1S/C43H37F6N5O5S2/c1-2-59-35-24-30(27-50-28-35)9-8-29-22-32(25-33(23-29)42(44,45)46)41(56)54-19-17-53(18-20-54)34-12-10-31(11-13-34)40(55)52-61(57,58)37-14-15-39(38(26-37)43(47,48)49)51-16-21-60-36-6-4-3-5-7-36/h3-7,10-15,22-28,51H,2,16-21H2,1H3,(H,52,55). The normalized spacial score (nSPS) is 13.2. The number of sulfonamides is 1. The monoisotopic (exact) mass is 881 g/mol. The van der Waals surface area contributed by atoms with E-state index in [-0.39, 0.29) is 55.1 Å². The van der Waals surface area contributed by atoms with Crippen LogP contribution in [-0.4, -0.2) is 75.2 Å². The van der Waals surface area contributed by atoms with Crippen LogP contribution < -0.4 is 19.7 Å². The van der Waals surface area contributed by atoms with Crippen molar-refractivity contribution in [1.82, 2.24) is 14.6 Å². The predicted octanol–water partition coefficient (Wildman–Crippen LogP) is 8.20. The van der Waals surface area contributed by atoms with E-state index in [1.54, 1.807) is 13.0 Å². The largest absolute Gasteiger partial charge is 0.492 e. The maximum absolute atomic E-state index is 14.0. The Bertz CT molecular complexity index is 2540. The Hall–Kier alpha value is -6.19. The second kappa shape index (κ2) is 19.0. The lowest BCUT2D eigenvalue weighted by Gasteiger charge is -2.36. The van der Waals surface area contributed by atoms with Crippen molar-refractivity contribution in [3.8, 4) is 17.6 Å². The lowest BCUT2D eigenvalue weighted by Crippen LogP contribution is -2.48. The fourth-order valence-electron chi connectivity index (χ4n) is 6.23. The van der Waals surface area contributed by atoms with Crippen LogP contribution in [0.2, 0.25) is 0 Å². The summed E-state index contributed by atoms with van der Waals surface area (Å²) in [6, 6.07) is 22.0. The van der Waals surface area contributed by atoms with Crippen molar-refractivity contribution < 1.29 is 49.1 Å². The number of nitrogens with one attached hydrogen (secondary N) is 2. The number of pyridine rings is 1. The van der Waals surface area contributed by atoms with E-state index in [0.717, 1.165) is 29.2 Å². The highest BCUT2D eigenvalue weighted by molar-refractivity contribution is 7.99. The smallest absolute Gasteiger partial charge is 0.418 e. The lowest BCUT2D eigenvalue weighted by atomic mass is 10.0. The fraction of sp³-hybridized carbons (Fsp3) is 0.233. The number of alkyl halides is 6. The van der Waals surface area contributed by atoms with Crippen LogP contribution in [0.1, 0.15) is 49.9 Å². The van der Waals surface area contributed by atoms with E-state index in [9.17, 15) is 44.3 Å². The first kappa shape index (κ1) is 44.4. The van der Waals surface area contributed by atoms with Gasteiger partial charge in [-0.15, -0.1) is 11.8 Å². The number of carbonyl (C=O) groups excluding carboxylic acids is 2. The Morgan fingerprint density at radius 3 is 2.18 bits per heavy atom. The number of hydrogen-bond donors (Lipinski definition) is 2. The molecular weight excluding hydrogens is 845 g/mol. The Kier molecular flexibility index (Phi) is 13.8. The number of thioether (sulfide) groups is 1. The molecular formula is C43H37F6N5O5S2. The Morgan fingerprint density at radius 1 is 0.803 bits per heavy atom. The third-order valence-electron chi connectivity index (χ3n) is 9.21. The molecule has 0 saturated carbocycles. The van der Waals surface area contributed by atoms with Crippen molar-refractivity contribution in [1.29, 1.82) is 0 Å². The number of ether oxygens (including phenoxy) is 1. The van der Waals surface area contributed by atoms with Crippen LogP contribution in [0.15, 0.2) is 119 Å². The summed E-state index contributed by atoms with van der Waals surface area (Å²) in [7, 11) is -4.73. The molecule has 0 radical (unpaired) electrons. The van der Waals surface area contributed by atoms with Crippen molar-refractivity contribution >= 4 is 45.0 Å². The second-order valence-corrected chi connectivity index (χ2v) is 16.3. The highest BCUT2D eigenvalue weighted by Gasteiger charge is 2.36. The van der Waals surface area contributed by atoms with Gasteiger partial charge in [-0.3, -0.25) is 14.6 Å². The average Bonchev–Trinajstić information content (AvgIpc) is 3.24. The summed E-state index contributed by atoms with van der Waals surface area (Å²) in [5.74, 6) is 4.67. The molecule has 61 heavy (non-hydrogen) atoms. The minimum Gasteiger partial charge on any atom is -0.492 e. The van der Waals surface area contributed by atoms with Gasteiger partial charge in [0.1, 0.15) is 5.75 Å². The quantitative estimate of drug-likeness (QED) is 0.0553. The number of hydrogen-bond acceptors (Lipinski definition) is 9. The molecule has 2 heterocycles. The van der Waals surface area contributed by atoms with E-state index < -0.39 is 50.2 Å². The predicted molar refractivity (Wildman–Crippen MR) is 219 cm³/mol. The number of carbonyl (C=O) groups is 2. The molecule has 0 atom stereocenters. The molecule has 6 rings (SSSR count). The zero-order valence-electron chi connectivity index (χ0n) is 32.3. The summed E-state index contributed by atoms with van der Waals surface area (Å²) < 4.78 is 117. The number of amides is 2. The van der Waals surface area contributed by atoms with Gasteiger partial charge in [0.05, 0.1) is 28.8 Å². The molecule has 0 unspecified atom stereocenters. The van der Waals surface area contributed by atoms with E-state index in [1.807, 2.05) is 40.0 Å². The molecule has 0 aliphatic carbocycles. The van der Waals surface area contributed by atoms with Crippen LogP contribution >= 0.6 is 11.8 Å². The molecule has 318 valence electrons. The van der Waals surface area contributed by atoms with Crippen molar-refractivity contribution in [2.75, 3.05) is 55.3 Å². The molecule has 0 bridgehead atoms. The van der Waals surface area contributed by atoms with Crippen LogP contribution in [0.4, 0.5) is 37.7 Å². The molecule has 2 N–H and O–H groups in total. The molecule has 0 spiro atoms. The van der Waals surface area contributed by atoms with Crippen molar-refractivity contribution in [3.05, 3.63) is 143 Å². The van der Waals surface area contributed by atoms with Gasteiger partial charge in [-0.1, -0.05) is 30.0 Å². The zero-order valence-corrected chi connectivity index (χ0v) is 33.9. The van der Waals surface area contributed by atoms with Crippen LogP contribution in [0, 0.1) is 11.8 Å². The Labute approximate surface area is 352 Å². The van der Waals surface area contributed by atoms with E-state index >= 15 is 0 Å². The van der Waals surface area contributed by atoms with Crippen molar-refractivity contribution in [2.45, 2.75) is 29.1 Å². The van der Waals surface area contributed by atoms with Crippen LogP contribution in [0.25, 0.3) is 0 Å². The number of piperazine rings is 1. The summed E-state index contributed by atoms with van der Waals surface area (Å²) in [4.78, 5) is 34.0. The minimum absolute atomic E-state index is 0.0168. The number of nitrogens with zero attached hydrogens (tertiary/aromatic N) is 3. The molecule has 2 amide bonds. The van der Waals surface area contributed by atoms with E-state index in [2.05, 4.69) is 22.1 Å². The van der Waals surface area contributed by atoms with E-state index in [1.165, 1.54) is 59.4 Å². The molecule has 18 heteroatoms. The van der Waals surface area contributed by atoms with E-state index in [0.29, 0.717) is 35.4 Å². The van der Waals surface area contributed by atoms with Gasteiger partial charge in [0.25, 0.3) is 21.8 Å². The van der Waals surface area contributed by atoms with Crippen LogP contribution in [-0.2, 0) is 22.4 Å². The molecule has 1 saturated heterocycles. The van der Waals surface area contributed by atoms with Crippen molar-refractivity contribution in [3.63, 3.8) is 0 Å². The number of aromatic nitrogens is 1. The van der Waals surface area contributed by atoms with Gasteiger partial charge in [0.15, 0.2) is 0 Å². The maximum Gasteiger partial charge on any atom is 0.418 e. The lowest BCUT2D eigenvalue weighted by molar-refractivity contribution is -0.138. The molecule has 10 nitrogen and oxygen atoms in total. The third-order valence-corrected chi connectivity index (χ3v) is 11.5. The fourth-order valence-corrected chi connectivity index (χ4v) is 8.02. The molecule has 5 aromatic rings. The first-order valence-electron chi connectivity index (χ1n) is 18.7.